The molecule has 0 saturated carbocycles. The van der Waals surface area contributed by atoms with Crippen LogP contribution < -0.4 is 16.2 Å². The first-order chi connectivity index (χ1) is 8.11. The van der Waals surface area contributed by atoms with E-state index in [0.29, 0.717) is 24.6 Å². The highest BCUT2D eigenvalue weighted by molar-refractivity contribution is 5.83. The molecule has 0 bridgehead atoms. The fourth-order valence-electron chi connectivity index (χ4n) is 2.15. The quantitative estimate of drug-likeness (QED) is 0.759. The Balaban J connectivity index is 2.36. The van der Waals surface area contributed by atoms with Crippen LogP contribution in [-0.4, -0.2) is 28.5 Å². The van der Waals surface area contributed by atoms with Crippen molar-refractivity contribution in [3.05, 3.63) is 22.2 Å². The molecule has 1 amide bonds. The third-order valence-electron chi connectivity index (χ3n) is 2.99. The van der Waals surface area contributed by atoms with Crippen LogP contribution in [0.15, 0.2) is 10.9 Å². The zero-order valence-electron chi connectivity index (χ0n) is 9.77. The summed E-state index contributed by atoms with van der Waals surface area (Å²) < 4.78 is 0. The Kier molecular flexibility index (Phi) is 3.12. The van der Waals surface area contributed by atoms with E-state index in [-0.39, 0.29) is 17.5 Å². The first-order valence-electron chi connectivity index (χ1n) is 5.78. The van der Waals surface area contributed by atoms with E-state index in [0.717, 1.165) is 12.8 Å². The number of rotatable bonds is 3. The van der Waals surface area contributed by atoms with Crippen LogP contribution in [0.5, 0.6) is 0 Å². The molecular weight excluding hydrogens is 220 g/mol. The summed E-state index contributed by atoms with van der Waals surface area (Å²) in [7, 11) is 0. The number of anilines is 1. The Hall–Kier alpha value is -1.85. The minimum atomic E-state index is -0.359. The van der Waals surface area contributed by atoms with Crippen LogP contribution in [0.3, 0.4) is 0 Å². The van der Waals surface area contributed by atoms with Gasteiger partial charge in [-0.2, -0.15) is 0 Å². The Bertz CT molecular complexity index is 483. The molecule has 0 aliphatic carbocycles. The first kappa shape index (κ1) is 11.6. The maximum Gasteiger partial charge on any atom is 0.252 e. The second kappa shape index (κ2) is 4.57. The fraction of sp³-hybridized carbons (Fsp3) is 0.545. The number of carbonyl (C=O) groups is 1. The predicted molar refractivity (Wildman–Crippen MR) is 63.8 cm³/mol. The molecule has 1 aliphatic rings. The maximum absolute atomic E-state index is 11.5. The lowest BCUT2D eigenvalue weighted by molar-refractivity contribution is -0.119. The number of aromatic nitrogens is 2. The van der Waals surface area contributed by atoms with Crippen molar-refractivity contribution < 1.29 is 4.79 Å². The number of nitrogens with zero attached hydrogens (tertiary/aromatic N) is 2. The maximum atomic E-state index is 11.5. The molecule has 0 radical (unpaired) electrons. The molecule has 92 valence electrons. The second-order valence-electron chi connectivity index (χ2n) is 4.16. The number of aryl methyl sites for hydroxylation is 1. The van der Waals surface area contributed by atoms with E-state index < -0.39 is 0 Å². The molecule has 2 rings (SSSR count). The van der Waals surface area contributed by atoms with Crippen molar-refractivity contribution in [3.8, 4) is 0 Å². The highest BCUT2D eigenvalue weighted by Crippen LogP contribution is 2.22. The average molecular weight is 236 g/mol. The molecule has 1 atom stereocenters. The summed E-state index contributed by atoms with van der Waals surface area (Å²) in [6.45, 7) is 2.63. The SMILES string of the molecule is CCc1nc(N2CCCC2C(N)=O)cc(=O)[nH]1. The standard InChI is InChI=1S/C11H16N4O2/c1-2-8-13-9(6-10(16)14-8)15-5-3-4-7(15)11(12)17/h6-7H,2-5H2,1H3,(H2,12,17)(H,13,14,16). The van der Waals surface area contributed by atoms with Gasteiger partial charge in [-0.3, -0.25) is 9.59 Å². The van der Waals surface area contributed by atoms with E-state index in [4.69, 9.17) is 5.73 Å². The van der Waals surface area contributed by atoms with E-state index in [1.807, 2.05) is 11.8 Å². The van der Waals surface area contributed by atoms with Gasteiger partial charge in [0, 0.05) is 19.0 Å². The molecule has 6 nitrogen and oxygen atoms in total. The van der Waals surface area contributed by atoms with Crippen LogP contribution in [0.2, 0.25) is 0 Å². The number of H-pyrrole nitrogens is 1. The lowest BCUT2D eigenvalue weighted by Crippen LogP contribution is -2.41. The number of nitrogens with one attached hydrogen (secondary N) is 1. The highest BCUT2D eigenvalue weighted by atomic mass is 16.1. The predicted octanol–water partition coefficient (Wildman–Crippen LogP) is -0.214. The molecule has 3 N–H and O–H groups in total. The van der Waals surface area contributed by atoms with Crippen LogP contribution in [0.1, 0.15) is 25.6 Å². The van der Waals surface area contributed by atoms with Gasteiger partial charge in [-0.25, -0.2) is 4.98 Å². The number of hydrogen-bond donors (Lipinski definition) is 2. The van der Waals surface area contributed by atoms with Gasteiger partial charge >= 0.3 is 0 Å². The Labute approximate surface area is 98.8 Å². The van der Waals surface area contributed by atoms with Crippen LogP contribution in [0.4, 0.5) is 5.82 Å². The normalized spacial score (nSPS) is 19.6. The van der Waals surface area contributed by atoms with Gasteiger partial charge in [-0.15, -0.1) is 0 Å². The molecule has 1 aliphatic heterocycles. The average Bonchev–Trinajstić information content (AvgIpc) is 2.77. The number of primary amides is 1. The van der Waals surface area contributed by atoms with E-state index in [1.165, 1.54) is 6.07 Å². The summed E-state index contributed by atoms with van der Waals surface area (Å²) in [5.74, 6) is 0.817. The van der Waals surface area contributed by atoms with E-state index in [1.54, 1.807) is 0 Å². The number of amides is 1. The largest absolute Gasteiger partial charge is 0.368 e. The third kappa shape index (κ3) is 2.30. The molecule has 1 saturated heterocycles. The Morgan fingerprint density at radius 1 is 1.71 bits per heavy atom. The number of hydrogen-bond acceptors (Lipinski definition) is 4. The van der Waals surface area contributed by atoms with Crippen molar-refractivity contribution in [1.29, 1.82) is 0 Å². The van der Waals surface area contributed by atoms with Crippen LogP contribution >= 0.6 is 0 Å². The van der Waals surface area contributed by atoms with Gasteiger partial charge in [0.1, 0.15) is 17.7 Å². The smallest absolute Gasteiger partial charge is 0.252 e. The van der Waals surface area contributed by atoms with Gasteiger partial charge in [-0.1, -0.05) is 6.92 Å². The van der Waals surface area contributed by atoms with E-state index >= 15 is 0 Å². The lowest BCUT2D eigenvalue weighted by Gasteiger charge is -2.23. The molecule has 1 unspecified atom stereocenters. The number of carbonyl (C=O) groups excluding carboxylic acids is 1. The topological polar surface area (TPSA) is 92.1 Å². The minimum absolute atomic E-state index is 0.193. The summed E-state index contributed by atoms with van der Waals surface area (Å²) in [4.78, 5) is 31.6. The number of aromatic amines is 1. The zero-order valence-corrected chi connectivity index (χ0v) is 9.77. The summed E-state index contributed by atoms with van der Waals surface area (Å²) in [5, 5.41) is 0. The molecule has 1 aromatic rings. The van der Waals surface area contributed by atoms with Gasteiger partial charge < -0.3 is 15.6 Å². The van der Waals surface area contributed by atoms with Crippen LogP contribution in [0, 0.1) is 0 Å². The molecule has 0 spiro atoms. The molecule has 6 heteroatoms. The van der Waals surface area contributed by atoms with Crippen LogP contribution in [0.25, 0.3) is 0 Å². The molecule has 0 aromatic carbocycles. The Morgan fingerprint density at radius 2 is 2.47 bits per heavy atom. The minimum Gasteiger partial charge on any atom is -0.368 e. The van der Waals surface area contributed by atoms with Crippen molar-refractivity contribution in [2.24, 2.45) is 5.73 Å². The molecule has 1 fully saturated rings. The molecular formula is C11H16N4O2. The van der Waals surface area contributed by atoms with E-state index in [9.17, 15) is 9.59 Å². The van der Waals surface area contributed by atoms with Crippen molar-refractivity contribution in [3.63, 3.8) is 0 Å². The van der Waals surface area contributed by atoms with Crippen LogP contribution in [-0.2, 0) is 11.2 Å². The summed E-state index contributed by atoms with van der Waals surface area (Å²) in [6.07, 6.45) is 2.27. The van der Waals surface area contributed by atoms with Gasteiger partial charge in [0.15, 0.2) is 0 Å². The number of nitrogens with two attached hydrogens (primary N) is 1. The fourth-order valence-corrected chi connectivity index (χ4v) is 2.15. The van der Waals surface area contributed by atoms with Gasteiger partial charge in [0.05, 0.1) is 0 Å². The Morgan fingerprint density at radius 3 is 3.12 bits per heavy atom. The third-order valence-corrected chi connectivity index (χ3v) is 2.99. The van der Waals surface area contributed by atoms with Crippen molar-refractivity contribution in [2.75, 3.05) is 11.4 Å². The van der Waals surface area contributed by atoms with Gasteiger partial charge in [0.25, 0.3) is 5.56 Å². The molecule has 1 aromatic heterocycles. The van der Waals surface area contributed by atoms with Gasteiger partial charge in [0.2, 0.25) is 5.91 Å². The first-order valence-corrected chi connectivity index (χ1v) is 5.78. The van der Waals surface area contributed by atoms with Crippen molar-refractivity contribution >= 4 is 11.7 Å². The summed E-state index contributed by atoms with van der Waals surface area (Å²) >= 11 is 0. The summed E-state index contributed by atoms with van der Waals surface area (Å²) in [5.41, 5.74) is 5.15. The summed E-state index contributed by atoms with van der Waals surface area (Å²) in [6, 6.07) is 1.08. The molecule has 2 heterocycles. The molecule has 17 heavy (non-hydrogen) atoms. The lowest BCUT2D eigenvalue weighted by atomic mass is 10.2. The highest BCUT2D eigenvalue weighted by Gasteiger charge is 2.30. The van der Waals surface area contributed by atoms with Gasteiger partial charge in [-0.05, 0) is 12.8 Å². The van der Waals surface area contributed by atoms with Crippen molar-refractivity contribution in [1.82, 2.24) is 9.97 Å². The van der Waals surface area contributed by atoms with Crippen molar-refractivity contribution in [2.45, 2.75) is 32.2 Å². The van der Waals surface area contributed by atoms with E-state index in [2.05, 4.69) is 9.97 Å². The second-order valence-corrected chi connectivity index (χ2v) is 4.16. The zero-order chi connectivity index (χ0) is 12.4. The monoisotopic (exact) mass is 236 g/mol.